The zero-order valence-corrected chi connectivity index (χ0v) is 41.2. The van der Waals surface area contributed by atoms with E-state index in [4.69, 9.17) is 18.5 Å². The van der Waals surface area contributed by atoms with Crippen LogP contribution in [0.1, 0.15) is 194 Å². The molecule has 0 aromatic carbocycles. The van der Waals surface area contributed by atoms with Crippen LogP contribution >= 0.6 is 7.82 Å². The van der Waals surface area contributed by atoms with Gasteiger partial charge in [-0.05, 0) is 77.0 Å². The van der Waals surface area contributed by atoms with Crippen LogP contribution in [0, 0.1) is 0 Å². The fourth-order valence-corrected chi connectivity index (χ4v) is 7.07. The van der Waals surface area contributed by atoms with Crippen LogP contribution in [0.4, 0.5) is 0 Å². The van der Waals surface area contributed by atoms with Crippen LogP contribution in [0.25, 0.3) is 0 Å². The maximum absolute atomic E-state index is 12.7. The highest BCUT2D eigenvalue weighted by Gasteiger charge is 2.21. The Balaban J connectivity index is 4.41. The first kappa shape index (κ1) is 59.5. The van der Waals surface area contributed by atoms with Gasteiger partial charge >= 0.3 is 11.9 Å². The molecular formula is C52H92NO8P. The molecule has 0 rings (SSSR count). The van der Waals surface area contributed by atoms with Gasteiger partial charge < -0.3 is 27.9 Å². The lowest BCUT2D eigenvalue weighted by Gasteiger charge is -2.28. The molecule has 2 atom stereocenters. The fraction of sp³-hybridized carbons (Fsp3) is 0.731. The number of nitrogens with zero attached hydrogens (tertiary/aromatic N) is 1. The Morgan fingerprint density at radius 2 is 0.903 bits per heavy atom. The van der Waals surface area contributed by atoms with Crippen molar-refractivity contribution in [3.63, 3.8) is 0 Å². The molecule has 0 N–H and O–H groups in total. The molecule has 0 aromatic rings. The summed E-state index contributed by atoms with van der Waals surface area (Å²) in [5.41, 5.74) is 0. The highest BCUT2D eigenvalue weighted by molar-refractivity contribution is 7.45. The quantitative estimate of drug-likeness (QED) is 0.0195. The molecule has 0 bridgehead atoms. The van der Waals surface area contributed by atoms with Crippen LogP contribution in [-0.2, 0) is 32.7 Å². The molecule has 0 heterocycles. The van der Waals surface area contributed by atoms with Crippen molar-refractivity contribution < 1.29 is 42.1 Å². The molecule has 358 valence electrons. The van der Waals surface area contributed by atoms with Crippen molar-refractivity contribution in [2.75, 3.05) is 47.5 Å². The molecule has 1 unspecified atom stereocenters. The van der Waals surface area contributed by atoms with E-state index in [1.165, 1.54) is 109 Å². The zero-order valence-electron chi connectivity index (χ0n) is 40.3. The number of esters is 2. The second-order valence-corrected chi connectivity index (χ2v) is 18.9. The van der Waals surface area contributed by atoms with Gasteiger partial charge in [-0.1, -0.05) is 177 Å². The molecule has 0 amide bonds. The molecular weight excluding hydrogens is 798 g/mol. The predicted molar refractivity (Wildman–Crippen MR) is 259 cm³/mol. The number of ether oxygens (including phenoxy) is 2. The minimum Gasteiger partial charge on any atom is -0.756 e. The van der Waals surface area contributed by atoms with E-state index < -0.39 is 32.5 Å². The molecule has 62 heavy (non-hydrogen) atoms. The molecule has 0 saturated carbocycles. The van der Waals surface area contributed by atoms with Gasteiger partial charge in [0, 0.05) is 12.8 Å². The molecule has 9 nitrogen and oxygen atoms in total. The van der Waals surface area contributed by atoms with Gasteiger partial charge in [-0.15, -0.1) is 0 Å². The number of allylic oxidation sites excluding steroid dienone is 12. The molecule has 0 fully saturated rings. The van der Waals surface area contributed by atoms with Gasteiger partial charge in [0.15, 0.2) is 6.10 Å². The number of carbonyl (C=O) groups excluding carboxylic acids is 2. The van der Waals surface area contributed by atoms with Crippen LogP contribution < -0.4 is 4.89 Å². The maximum atomic E-state index is 12.7. The standard InChI is InChI=1S/C52H92NO8P/c1-6-8-10-12-14-16-18-20-22-24-26-28-30-32-34-36-38-40-42-44-51(54)58-48-50(49-60-62(56,57)59-47-46-53(3,4)5)61-52(55)45-43-41-39-37-35-33-31-29-27-25-23-21-19-17-15-13-11-9-7-2/h14,16,20-23,26,28,32,34,38,40,50H,6-13,15,17-19,24-25,27,29-31,33,35-37,39,41-49H2,1-5H3/b16-14+,22-20+,23-21+,28-26+,34-32+,40-38+/t50-/m1/s1. The molecule has 0 aliphatic heterocycles. The number of likely N-dealkylation sites (N-methyl/N-ethyl adjacent to an activating group) is 1. The highest BCUT2D eigenvalue weighted by atomic mass is 31.2. The topological polar surface area (TPSA) is 111 Å². The highest BCUT2D eigenvalue weighted by Crippen LogP contribution is 2.38. The van der Waals surface area contributed by atoms with E-state index in [9.17, 15) is 19.0 Å². The van der Waals surface area contributed by atoms with E-state index in [2.05, 4.69) is 74.6 Å². The van der Waals surface area contributed by atoms with Crippen LogP contribution in [0.2, 0.25) is 0 Å². The summed E-state index contributed by atoms with van der Waals surface area (Å²) >= 11 is 0. The number of hydrogen-bond acceptors (Lipinski definition) is 8. The average Bonchev–Trinajstić information content (AvgIpc) is 3.23. The molecule has 0 aliphatic carbocycles. The second-order valence-electron chi connectivity index (χ2n) is 17.5. The van der Waals surface area contributed by atoms with Gasteiger partial charge in [-0.3, -0.25) is 14.2 Å². The van der Waals surface area contributed by atoms with Crippen molar-refractivity contribution in [3.05, 3.63) is 72.9 Å². The third-order valence-electron chi connectivity index (χ3n) is 10.2. The van der Waals surface area contributed by atoms with Crippen LogP contribution in [0.15, 0.2) is 72.9 Å². The SMILES string of the molecule is CCCCC/C=C/C/C=C/C/C=C/C/C=C/C/C=C/CCC(=O)OC[C@H](COP(=O)([O-])OCC[N+](C)(C)C)OC(=O)CCCCCCCCCCC/C=C/CCCCCCCC. The van der Waals surface area contributed by atoms with Crippen LogP contribution in [0.5, 0.6) is 0 Å². The lowest BCUT2D eigenvalue weighted by molar-refractivity contribution is -0.870. The minimum atomic E-state index is -4.65. The van der Waals surface area contributed by atoms with Gasteiger partial charge in [0.05, 0.1) is 27.7 Å². The molecule has 0 radical (unpaired) electrons. The van der Waals surface area contributed by atoms with Gasteiger partial charge in [-0.2, -0.15) is 0 Å². The van der Waals surface area contributed by atoms with Crippen molar-refractivity contribution >= 4 is 19.8 Å². The Kier molecular flexibility index (Phi) is 41.9. The first-order valence-electron chi connectivity index (χ1n) is 24.6. The molecule has 0 saturated heterocycles. The van der Waals surface area contributed by atoms with Crippen molar-refractivity contribution in [2.24, 2.45) is 0 Å². The van der Waals surface area contributed by atoms with Crippen LogP contribution in [0.3, 0.4) is 0 Å². The average molecular weight is 890 g/mol. The summed E-state index contributed by atoms with van der Waals surface area (Å²) in [6.45, 7) is 4.11. The van der Waals surface area contributed by atoms with Gasteiger partial charge in [-0.25, -0.2) is 0 Å². The third kappa shape index (κ3) is 46.9. The number of phosphoric ester groups is 1. The summed E-state index contributed by atoms with van der Waals surface area (Å²) in [6.07, 6.45) is 55.1. The van der Waals surface area contributed by atoms with E-state index in [0.717, 1.165) is 44.9 Å². The Morgan fingerprint density at radius 1 is 0.500 bits per heavy atom. The Labute approximate surface area is 380 Å². The largest absolute Gasteiger partial charge is 0.756 e. The number of rotatable bonds is 44. The van der Waals surface area contributed by atoms with Gasteiger partial charge in [0.1, 0.15) is 19.8 Å². The van der Waals surface area contributed by atoms with E-state index in [0.29, 0.717) is 23.9 Å². The van der Waals surface area contributed by atoms with Crippen molar-refractivity contribution in [1.29, 1.82) is 0 Å². The van der Waals surface area contributed by atoms with E-state index in [1.807, 2.05) is 33.3 Å². The van der Waals surface area contributed by atoms with E-state index in [-0.39, 0.29) is 26.1 Å². The summed E-state index contributed by atoms with van der Waals surface area (Å²) in [7, 11) is 1.12. The second kappa shape index (κ2) is 43.7. The smallest absolute Gasteiger partial charge is 0.306 e. The summed E-state index contributed by atoms with van der Waals surface area (Å²) in [5, 5.41) is 0. The summed E-state index contributed by atoms with van der Waals surface area (Å²) in [5.74, 6) is -0.935. The van der Waals surface area contributed by atoms with E-state index in [1.54, 1.807) is 0 Å². The van der Waals surface area contributed by atoms with Crippen molar-refractivity contribution in [3.8, 4) is 0 Å². The summed E-state index contributed by atoms with van der Waals surface area (Å²) < 4.78 is 33.9. The summed E-state index contributed by atoms with van der Waals surface area (Å²) in [4.78, 5) is 37.6. The number of quaternary nitrogens is 1. The Hall–Kier alpha value is -2.55. The fourth-order valence-electron chi connectivity index (χ4n) is 6.34. The molecule has 0 aromatic heterocycles. The molecule has 0 spiro atoms. The lowest BCUT2D eigenvalue weighted by Crippen LogP contribution is -2.37. The number of carbonyl (C=O) groups is 2. The number of hydrogen-bond donors (Lipinski definition) is 0. The van der Waals surface area contributed by atoms with Crippen molar-refractivity contribution in [1.82, 2.24) is 0 Å². The first-order chi connectivity index (χ1) is 30.0. The lowest BCUT2D eigenvalue weighted by atomic mass is 10.1. The minimum absolute atomic E-state index is 0.0450. The predicted octanol–water partition coefficient (Wildman–Crippen LogP) is 13.9. The molecule has 10 heteroatoms. The van der Waals surface area contributed by atoms with Crippen LogP contribution in [-0.4, -0.2) is 70.0 Å². The molecule has 0 aliphatic rings. The van der Waals surface area contributed by atoms with Crippen molar-refractivity contribution in [2.45, 2.75) is 200 Å². The number of phosphoric acid groups is 1. The maximum Gasteiger partial charge on any atom is 0.306 e. The first-order valence-corrected chi connectivity index (χ1v) is 26.1. The normalized spacial score (nSPS) is 14.1. The number of unbranched alkanes of at least 4 members (excludes halogenated alkanes) is 18. The summed E-state index contributed by atoms with van der Waals surface area (Å²) in [6, 6.07) is 0. The Morgan fingerprint density at radius 3 is 1.40 bits per heavy atom. The zero-order chi connectivity index (χ0) is 45.7. The van der Waals surface area contributed by atoms with Gasteiger partial charge in [0.2, 0.25) is 0 Å². The monoisotopic (exact) mass is 890 g/mol. The van der Waals surface area contributed by atoms with E-state index >= 15 is 0 Å². The Bertz CT molecular complexity index is 1280. The van der Waals surface area contributed by atoms with Gasteiger partial charge in [0.25, 0.3) is 7.82 Å². The third-order valence-corrected chi connectivity index (χ3v) is 11.2.